The summed E-state index contributed by atoms with van der Waals surface area (Å²) in [6.07, 6.45) is 2.02. The van der Waals surface area contributed by atoms with Gasteiger partial charge in [-0.1, -0.05) is 0 Å². The van der Waals surface area contributed by atoms with Gasteiger partial charge in [0.25, 0.3) is 0 Å². The SMILES string of the molecule is C=CC[Te]c1ccc(C)cc1. The molecule has 0 heterocycles. The number of hydrogen-bond acceptors (Lipinski definition) is 0. The summed E-state index contributed by atoms with van der Waals surface area (Å²) in [7, 11) is 0. The molecule has 0 bridgehead atoms. The van der Waals surface area contributed by atoms with Gasteiger partial charge < -0.3 is 0 Å². The van der Waals surface area contributed by atoms with Gasteiger partial charge in [0.2, 0.25) is 0 Å². The van der Waals surface area contributed by atoms with E-state index in [1.807, 2.05) is 6.08 Å². The van der Waals surface area contributed by atoms with E-state index in [1.54, 1.807) is 0 Å². The Balaban J connectivity index is 2.58. The molecule has 58 valence electrons. The molecular formula is C10H12Te. The molecule has 0 saturated heterocycles. The fraction of sp³-hybridized carbons (Fsp3) is 0.200. The molecule has 1 aromatic carbocycles. The molecule has 0 atom stereocenters. The minimum absolute atomic E-state index is 0.0288. The van der Waals surface area contributed by atoms with Crippen LogP contribution in [0.4, 0.5) is 0 Å². The first-order valence-electron chi connectivity index (χ1n) is 3.63. The third-order valence-corrected chi connectivity index (χ3v) is 4.27. The Morgan fingerprint density at radius 3 is 2.55 bits per heavy atom. The summed E-state index contributed by atoms with van der Waals surface area (Å²) in [5.41, 5.74) is 1.35. The molecule has 0 unspecified atom stereocenters. The Morgan fingerprint density at radius 1 is 1.36 bits per heavy atom. The van der Waals surface area contributed by atoms with Gasteiger partial charge in [-0.15, -0.1) is 0 Å². The van der Waals surface area contributed by atoms with Crippen LogP contribution < -0.4 is 3.61 Å². The van der Waals surface area contributed by atoms with E-state index in [0.717, 1.165) is 0 Å². The van der Waals surface area contributed by atoms with Crippen LogP contribution >= 0.6 is 0 Å². The van der Waals surface area contributed by atoms with Gasteiger partial charge in [-0.3, -0.25) is 0 Å². The van der Waals surface area contributed by atoms with Crippen molar-refractivity contribution < 1.29 is 0 Å². The molecule has 1 aromatic rings. The van der Waals surface area contributed by atoms with E-state index < -0.39 is 0 Å². The molecule has 0 nitrogen and oxygen atoms in total. The van der Waals surface area contributed by atoms with Crippen molar-refractivity contribution in [1.82, 2.24) is 0 Å². The third-order valence-electron chi connectivity index (χ3n) is 1.39. The number of hydrogen-bond donors (Lipinski definition) is 0. The maximum absolute atomic E-state index is 3.73. The van der Waals surface area contributed by atoms with Gasteiger partial charge in [0, 0.05) is 0 Å². The standard InChI is InChI=1S/C10H12Te/c1-3-8-11-10-6-4-9(2)5-7-10/h3-7H,1,8H2,2H3. The predicted molar refractivity (Wildman–Crippen MR) is 51.6 cm³/mol. The summed E-state index contributed by atoms with van der Waals surface area (Å²) in [5.74, 6) is 0. The van der Waals surface area contributed by atoms with Crippen LogP contribution in [0, 0.1) is 6.92 Å². The Hall–Kier alpha value is -0.250. The first-order valence-corrected chi connectivity index (χ1v) is 6.44. The van der Waals surface area contributed by atoms with Gasteiger partial charge in [-0.2, -0.15) is 0 Å². The van der Waals surface area contributed by atoms with Crippen molar-refractivity contribution in [2.75, 3.05) is 0 Å². The summed E-state index contributed by atoms with van der Waals surface area (Å²) in [5, 5.41) is 0. The van der Waals surface area contributed by atoms with Gasteiger partial charge >= 0.3 is 78.4 Å². The molecule has 0 spiro atoms. The molecule has 0 N–H and O–H groups in total. The fourth-order valence-corrected chi connectivity index (χ4v) is 2.61. The summed E-state index contributed by atoms with van der Waals surface area (Å²) >= 11 is 0.0288. The molecule has 0 radical (unpaired) electrons. The Kier molecular flexibility index (Phi) is 3.69. The van der Waals surface area contributed by atoms with Crippen molar-refractivity contribution in [3.63, 3.8) is 0 Å². The summed E-state index contributed by atoms with van der Waals surface area (Å²) in [6.45, 7) is 5.85. The zero-order valence-corrected chi connectivity index (χ0v) is 9.04. The van der Waals surface area contributed by atoms with Gasteiger partial charge in [0.15, 0.2) is 0 Å². The van der Waals surface area contributed by atoms with Crippen molar-refractivity contribution in [3.05, 3.63) is 42.5 Å². The van der Waals surface area contributed by atoms with Crippen LogP contribution in [0.3, 0.4) is 0 Å². The second kappa shape index (κ2) is 4.59. The van der Waals surface area contributed by atoms with E-state index in [0.29, 0.717) is 0 Å². The van der Waals surface area contributed by atoms with Crippen molar-refractivity contribution in [2.24, 2.45) is 0 Å². The van der Waals surface area contributed by atoms with E-state index in [-0.39, 0.29) is 20.9 Å². The summed E-state index contributed by atoms with van der Waals surface area (Å²) in [6, 6.07) is 8.84. The van der Waals surface area contributed by atoms with Crippen LogP contribution in [0.2, 0.25) is 4.47 Å². The number of allylic oxidation sites excluding steroid dienone is 1. The average Bonchev–Trinajstić information content (AvgIpc) is 2.04. The summed E-state index contributed by atoms with van der Waals surface area (Å²) in [4.78, 5) is 0. The topological polar surface area (TPSA) is 0 Å². The maximum atomic E-state index is 3.73. The number of aryl methyl sites for hydroxylation is 1. The van der Waals surface area contributed by atoms with E-state index in [4.69, 9.17) is 0 Å². The van der Waals surface area contributed by atoms with Crippen LogP contribution in [0.5, 0.6) is 0 Å². The van der Waals surface area contributed by atoms with Crippen molar-refractivity contribution in [2.45, 2.75) is 11.4 Å². The van der Waals surface area contributed by atoms with Gasteiger partial charge in [0.1, 0.15) is 0 Å². The minimum atomic E-state index is 0.0288. The van der Waals surface area contributed by atoms with Crippen LogP contribution in [0.25, 0.3) is 0 Å². The van der Waals surface area contributed by atoms with Crippen molar-refractivity contribution in [3.8, 4) is 0 Å². The second-order valence-corrected chi connectivity index (χ2v) is 5.53. The molecule has 0 fully saturated rings. The zero-order chi connectivity index (χ0) is 8.10. The molecule has 0 aliphatic rings. The third kappa shape index (κ3) is 3.10. The molecule has 0 aliphatic heterocycles. The van der Waals surface area contributed by atoms with Gasteiger partial charge in [-0.05, 0) is 0 Å². The summed E-state index contributed by atoms with van der Waals surface area (Å²) < 4.78 is 2.73. The van der Waals surface area contributed by atoms with Crippen LogP contribution in [0.15, 0.2) is 36.9 Å². The molecule has 0 aliphatic carbocycles. The van der Waals surface area contributed by atoms with Gasteiger partial charge in [0.05, 0.1) is 0 Å². The average molecular weight is 260 g/mol. The molecule has 0 saturated carbocycles. The molecule has 0 amide bonds. The van der Waals surface area contributed by atoms with E-state index in [9.17, 15) is 0 Å². The fourth-order valence-electron chi connectivity index (χ4n) is 0.790. The normalized spacial score (nSPS) is 9.55. The molecule has 1 heteroatoms. The monoisotopic (exact) mass is 262 g/mol. The molecular weight excluding hydrogens is 248 g/mol. The first-order chi connectivity index (χ1) is 5.33. The predicted octanol–water partition coefficient (Wildman–Crippen LogP) is 1.93. The molecule has 11 heavy (non-hydrogen) atoms. The first kappa shape index (κ1) is 8.84. The zero-order valence-electron chi connectivity index (χ0n) is 6.71. The number of benzene rings is 1. The Bertz CT molecular complexity index is 223. The van der Waals surface area contributed by atoms with Crippen LogP contribution in [0.1, 0.15) is 5.56 Å². The van der Waals surface area contributed by atoms with Gasteiger partial charge in [-0.25, -0.2) is 0 Å². The van der Waals surface area contributed by atoms with Crippen LogP contribution in [-0.2, 0) is 0 Å². The Labute approximate surface area is 78.4 Å². The second-order valence-electron chi connectivity index (χ2n) is 2.41. The quantitative estimate of drug-likeness (QED) is 0.575. The Morgan fingerprint density at radius 2 is 2.00 bits per heavy atom. The van der Waals surface area contributed by atoms with Crippen molar-refractivity contribution >= 4 is 24.5 Å². The number of rotatable bonds is 3. The van der Waals surface area contributed by atoms with Crippen molar-refractivity contribution in [1.29, 1.82) is 0 Å². The molecule has 1 rings (SSSR count). The molecule has 0 aromatic heterocycles. The van der Waals surface area contributed by atoms with E-state index in [2.05, 4.69) is 37.8 Å². The van der Waals surface area contributed by atoms with Crippen LogP contribution in [-0.4, -0.2) is 20.9 Å². The van der Waals surface area contributed by atoms with E-state index in [1.165, 1.54) is 13.6 Å². The van der Waals surface area contributed by atoms with E-state index >= 15 is 0 Å².